The highest BCUT2D eigenvalue weighted by Crippen LogP contribution is 2.35. The first-order valence-electron chi connectivity index (χ1n) is 6.01. The molecule has 1 radical (unpaired) electrons. The fourth-order valence-electron chi connectivity index (χ4n) is 2.57. The maximum Gasteiger partial charge on any atom is 0.239 e. The second-order valence-corrected chi connectivity index (χ2v) is 6.13. The Labute approximate surface area is 119 Å². The minimum atomic E-state index is -3.87. The average Bonchev–Trinajstić information content (AvgIpc) is 3.00. The Hall–Kier alpha value is -2.58. The van der Waals surface area contributed by atoms with Gasteiger partial charge in [-0.05, 0) is 27.3 Å². The van der Waals surface area contributed by atoms with Gasteiger partial charge in [-0.1, -0.05) is 24.3 Å². The Morgan fingerprint density at radius 1 is 1.10 bits per heavy atom. The van der Waals surface area contributed by atoms with Crippen LogP contribution in [0.15, 0.2) is 41.6 Å². The Morgan fingerprint density at radius 3 is 2.33 bits per heavy atom. The number of fused-ring (bicyclic) bond motifs is 2. The molecule has 8 heteroatoms. The normalized spacial score (nSPS) is 12.4. The lowest BCUT2D eigenvalue weighted by Crippen LogP contribution is -2.13. The van der Waals surface area contributed by atoms with Crippen LogP contribution < -0.4 is 5.14 Å². The number of primary sulfonamides is 1. The number of hydrogen-bond donors (Lipinski definition) is 1. The molecule has 7 nitrogen and oxygen atoms in total. The van der Waals surface area contributed by atoms with E-state index in [1.807, 2.05) is 24.3 Å². The molecule has 21 heavy (non-hydrogen) atoms. The smallest absolute Gasteiger partial charge is 0.225 e. The monoisotopic (exact) mass is 298 g/mol. The van der Waals surface area contributed by atoms with Gasteiger partial charge in [-0.15, -0.1) is 5.10 Å². The second-order valence-electron chi connectivity index (χ2n) is 4.63. The van der Waals surface area contributed by atoms with E-state index in [1.165, 1.54) is 17.1 Å². The van der Waals surface area contributed by atoms with Gasteiger partial charge in [0, 0.05) is 16.8 Å². The molecule has 1 heterocycles. The molecular weight excluding hydrogens is 290 g/mol. The summed E-state index contributed by atoms with van der Waals surface area (Å²) in [6.45, 7) is 0. The molecule has 2 bridgehead atoms. The molecule has 0 amide bonds. The third kappa shape index (κ3) is 1.70. The molecule has 5 aromatic rings. The van der Waals surface area contributed by atoms with E-state index in [2.05, 4.69) is 21.6 Å². The fraction of sp³-hybridized carbons (Fsp3) is 0. The molecule has 0 atom stereocenters. The lowest BCUT2D eigenvalue weighted by Gasteiger charge is -2.13. The summed E-state index contributed by atoms with van der Waals surface area (Å²) < 4.78 is 25.1. The van der Waals surface area contributed by atoms with E-state index in [9.17, 15) is 8.42 Å². The van der Waals surface area contributed by atoms with Gasteiger partial charge in [-0.3, -0.25) is 0 Å². The largest absolute Gasteiger partial charge is 0.239 e. The van der Waals surface area contributed by atoms with Crippen molar-refractivity contribution in [1.82, 2.24) is 20.2 Å². The molecule has 5 rings (SSSR count). The summed E-state index contributed by atoms with van der Waals surface area (Å²) in [7, 11) is -3.87. The molecule has 1 aromatic heterocycles. The lowest BCUT2D eigenvalue weighted by molar-refractivity contribution is 0.598. The van der Waals surface area contributed by atoms with Crippen LogP contribution in [0.5, 0.6) is 0 Å². The number of nitrogens with two attached hydrogens (primary N) is 1. The van der Waals surface area contributed by atoms with Crippen molar-refractivity contribution in [3.63, 3.8) is 0 Å². The van der Waals surface area contributed by atoms with Gasteiger partial charge >= 0.3 is 0 Å². The van der Waals surface area contributed by atoms with Crippen molar-refractivity contribution in [3.8, 4) is 5.69 Å². The number of benzene rings is 4. The summed E-state index contributed by atoms with van der Waals surface area (Å²) in [5.74, 6) is 0. The van der Waals surface area contributed by atoms with Crippen molar-refractivity contribution in [2.45, 2.75) is 4.90 Å². The molecule has 0 saturated carbocycles. The zero-order chi connectivity index (χ0) is 14.6. The number of nitrogens with zero attached hydrogens (tertiary/aromatic N) is 4. The van der Waals surface area contributed by atoms with E-state index in [4.69, 9.17) is 5.14 Å². The first-order valence-corrected chi connectivity index (χ1v) is 7.56. The van der Waals surface area contributed by atoms with Crippen molar-refractivity contribution >= 4 is 31.6 Å². The van der Waals surface area contributed by atoms with Gasteiger partial charge in [-0.25, -0.2) is 13.6 Å². The van der Waals surface area contributed by atoms with Crippen LogP contribution in [0, 0.1) is 6.07 Å². The molecular formula is C13H8N5O2S. The first kappa shape index (κ1) is 12.2. The van der Waals surface area contributed by atoms with Crippen LogP contribution in [-0.2, 0) is 10.0 Å². The van der Waals surface area contributed by atoms with Crippen LogP contribution in [0.3, 0.4) is 0 Å². The van der Waals surface area contributed by atoms with Gasteiger partial charge in [0.2, 0.25) is 10.0 Å². The number of aromatic nitrogens is 4. The highest BCUT2D eigenvalue weighted by molar-refractivity contribution is 7.89. The Kier molecular flexibility index (Phi) is 2.30. The third-order valence-corrected chi connectivity index (χ3v) is 4.31. The highest BCUT2D eigenvalue weighted by Gasteiger charge is 2.19. The molecule has 0 aliphatic heterocycles. The highest BCUT2D eigenvalue weighted by atomic mass is 32.2. The quantitative estimate of drug-likeness (QED) is 0.591. The Morgan fingerprint density at radius 2 is 1.76 bits per heavy atom. The number of tetrazole rings is 1. The minimum absolute atomic E-state index is 0.0180. The van der Waals surface area contributed by atoms with Gasteiger partial charge in [0.15, 0.2) is 0 Å². The molecule has 0 saturated heterocycles. The first-order chi connectivity index (χ1) is 10.1. The summed E-state index contributed by atoms with van der Waals surface area (Å²) >= 11 is 0. The van der Waals surface area contributed by atoms with Crippen LogP contribution in [0.1, 0.15) is 0 Å². The van der Waals surface area contributed by atoms with Crippen molar-refractivity contribution in [1.29, 1.82) is 0 Å². The maximum absolute atomic E-state index is 11.8. The van der Waals surface area contributed by atoms with Gasteiger partial charge in [-0.2, -0.15) is 4.68 Å². The topological polar surface area (TPSA) is 104 Å². The standard InChI is InChI=1S/C13H8N5O2S/c14-21(19,20)11-6-5-10(18-7-15-16-17-18)12-8-1-3-9(4-2-8)13(11)12/h1-5,7H,(H2,14,19,20). The zero-order valence-electron chi connectivity index (χ0n) is 10.6. The maximum atomic E-state index is 11.8. The summed E-state index contributed by atoms with van der Waals surface area (Å²) in [5, 5.41) is 19.3. The van der Waals surface area contributed by atoms with Crippen molar-refractivity contribution in [3.05, 3.63) is 42.7 Å². The lowest BCUT2D eigenvalue weighted by atomic mass is 9.98. The molecule has 0 unspecified atom stereocenters. The van der Waals surface area contributed by atoms with Crippen molar-refractivity contribution < 1.29 is 8.42 Å². The third-order valence-electron chi connectivity index (χ3n) is 3.42. The van der Waals surface area contributed by atoms with Gasteiger partial charge in [0.25, 0.3) is 0 Å². The summed E-state index contributed by atoms with van der Waals surface area (Å²) in [5.41, 5.74) is 0.656. The molecule has 0 aliphatic rings. The summed E-state index contributed by atoms with van der Waals surface area (Å²) in [6, 6.07) is 11.8. The van der Waals surface area contributed by atoms with Crippen LogP contribution in [0.4, 0.5) is 0 Å². The van der Waals surface area contributed by atoms with E-state index >= 15 is 0 Å². The molecule has 0 spiro atoms. The van der Waals surface area contributed by atoms with Crippen LogP contribution in [0.2, 0.25) is 0 Å². The number of sulfonamides is 1. The predicted molar refractivity (Wildman–Crippen MR) is 75.6 cm³/mol. The van der Waals surface area contributed by atoms with Crippen molar-refractivity contribution in [2.24, 2.45) is 5.14 Å². The molecule has 103 valence electrons. The van der Waals surface area contributed by atoms with Gasteiger partial charge < -0.3 is 0 Å². The van der Waals surface area contributed by atoms with Crippen LogP contribution >= 0.6 is 0 Å². The molecule has 2 N–H and O–H groups in total. The predicted octanol–water partition coefficient (Wildman–Crippen LogP) is 0.854. The zero-order valence-corrected chi connectivity index (χ0v) is 11.4. The Balaban J connectivity index is 2.26. The van der Waals surface area contributed by atoms with E-state index in [1.54, 1.807) is 0 Å². The molecule has 4 aromatic carbocycles. The number of rotatable bonds is 2. The van der Waals surface area contributed by atoms with Crippen LogP contribution in [-0.4, -0.2) is 28.6 Å². The SMILES string of the molecule is NS(=O)(=O)c1[c]cc(-n2cnnn2)c2c3ccc(cc3)c12. The Bertz CT molecular complexity index is 1040. The van der Waals surface area contributed by atoms with E-state index < -0.39 is 10.0 Å². The van der Waals surface area contributed by atoms with Gasteiger partial charge in [0.05, 0.1) is 10.6 Å². The fourth-order valence-corrected chi connectivity index (χ4v) is 3.30. The van der Waals surface area contributed by atoms with E-state index in [0.29, 0.717) is 11.1 Å². The summed E-state index contributed by atoms with van der Waals surface area (Å²) in [4.78, 5) is -0.0180. The number of hydrogen-bond acceptors (Lipinski definition) is 5. The van der Waals surface area contributed by atoms with E-state index in [0.717, 1.165) is 16.2 Å². The van der Waals surface area contributed by atoms with Crippen molar-refractivity contribution in [2.75, 3.05) is 0 Å². The second kappa shape index (κ2) is 3.96. The van der Waals surface area contributed by atoms with Crippen LogP contribution in [0.25, 0.3) is 27.2 Å². The average molecular weight is 298 g/mol. The minimum Gasteiger partial charge on any atom is -0.225 e. The summed E-state index contributed by atoms with van der Waals surface area (Å²) in [6.07, 6.45) is 1.45. The molecule has 0 fully saturated rings. The van der Waals surface area contributed by atoms with E-state index in [-0.39, 0.29) is 4.90 Å². The molecule has 0 aliphatic carbocycles. The van der Waals surface area contributed by atoms with Gasteiger partial charge in [0.1, 0.15) is 6.33 Å².